The zero-order valence-electron chi connectivity index (χ0n) is 11.5. The molecule has 1 aliphatic heterocycles. The van der Waals surface area contributed by atoms with Gasteiger partial charge in [0.1, 0.15) is 12.1 Å². The number of carbonyl (C=O) groups is 3. The normalized spacial score (nSPS) is 19.8. The number of hydrogen-bond acceptors (Lipinski definition) is 5. The Kier molecular flexibility index (Phi) is 6.72. The highest BCUT2D eigenvalue weighted by molar-refractivity contribution is 5.89. The number of primary amides is 1. The Morgan fingerprint density at radius 2 is 2.25 bits per heavy atom. The molecule has 0 saturated carbocycles. The second kappa shape index (κ2) is 8.31. The first-order valence-corrected chi connectivity index (χ1v) is 6.59. The second-order valence-electron chi connectivity index (χ2n) is 4.36. The molecule has 0 bridgehead atoms. The third-order valence-corrected chi connectivity index (χ3v) is 2.79. The van der Waals surface area contributed by atoms with Crippen LogP contribution in [-0.4, -0.2) is 43.1 Å². The van der Waals surface area contributed by atoms with Gasteiger partial charge in [-0.15, -0.1) is 0 Å². The Bertz CT molecular complexity index is 388. The van der Waals surface area contributed by atoms with Crippen molar-refractivity contribution in [3.05, 3.63) is 12.2 Å². The van der Waals surface area contributed by atoms with Crippen LogP contribution in [-0.2, 0) is 23.9 Å². The van der Waals surface area contributed by atoms with Crippen molar-refractivity contribution >= 4 is 17.8 Å². The predicted molar refractivity (Wildman–Crippen MR) is 70.5 cm³/mol. The summed E-state index contributed by atoms with van der Waals surface area (Å²) in [5.41, 5.74) is 5.21. The summed E-state index contributed by atoms with van der Waals surface area (Å²) < 4.78 is 9.91. The van der Waals surface area contributed by atoms with Crippen molar-refractivity contribution in [1.29, 1.82) is 0 Å². The van der Waals surface area contributed by atoms with E-state index in [9.17, 15) is 14.4 Å². The molecule has 1 saturated heterocycles. The minimum Gasteiger partial charge on any atom is -0.463 e. The molecular weight excluding hydrogens is 264 g/mol. The molecule has 1 aliphatic rings. The van der Waals surface area contributed by atoms with E-state index in [-0.39, 0.29) is 18.9 Å². The van der Waals surface area contributed by atoms with Crippen molar-refractivity contribution in [2.75, 3.05) is 13.2 Å². The molecule has 0 unspecified atom stereocenters. The van der Waals surface area contributed by atoms with Crippen LogP contribution in [0, 0.1) is 0 Å². The van der Waals surface area contributed by atoms with Gasteiger partial charge in [-0.2, -0.15) is 0 Å². The van der Waals surface area contributed by atoms with E-state index in [1.54, 1.807) is 6.92 Å². The number of nitrogens with two attached hydrogens (primary N) is 1. The van der Waals surface area contributed by atoms with Crippen molar-refractivity contribution < 1.29 is 23.9 Å². The first-order valence-electron chi connectivity index (χ1n) is 6.59. The first kappa shape index (κ1) is 16.2. The predicted octanol–water partition coefficient (Wildman–Crippen LogP) is -0.355. The van der Waals surface area contributed by atoms with Gasteiger partial charge in [-0.1, -0.05) is 6.08 Å². The topological polar surface area (TPSA) is 108 Å². The van der Waals surface area contributed by atoms with Crippen molar-refractivity contribution in [3.63, 3.8) is 0 Å². The number of amides is 2. The molecular formula is C13H20N2O5. The zero-order valence-corrected chi connectivity index (χ0v) is 11.5. The largest absolute Gasteiger partial charge is 0.463 e. The molecule has 2 amide bonds. The van der Waals surface area contributed by atoms with Gasteiger partial charge in [-0.25, -0.2) is 4.79 Å². The summed E-state index contributed by atoms with van der Waals surface area (Å²) in [5, 5.41) is 2.52. The van der Waals surface area contributed by atoms with E-state index in [1.165, 1.54) is 12.2 Å². The molecule has 1 fully saturated rings. The maximum atomic E-state index is 11.8. The number of hydrogen-bond donors (Lipinski definition) is 2. The van der Waals surface area contributed by atoms with Crippen molar-refractivity contribution in [3.8, 4) is 0 Å². The molecule has 0 spiro atoms. The molecule has 3 N–H and O–H groups in total. The van der Waals surface area contributed by atoms with Crippen LogP contribution in [0.25, 0.3) is 0 Å². The minimum absolute atomic E-state index is 0.132. The number of rotatable bonds is 7. The van der Waals surface area contributed by atoms with E-state index < -0.39 is 24.0 Å². The number of esters is 1. The first-order chi connectivity index (χ1) is 9.54. The molecule has 0 aromatic carbocycles. The fourth-order valence-corrected chi connectivity index (χ4v) is 1.79. The van der Waals surface area contributed by atoms with Gasteiger partial charge in [-0.3, -0.25) is 9.59 Å². The smallest absolute Gasteiger partial charge is 0.330 e. The van der Waals surface area contributed by atoms with Crippen molar-refractivity contribution in [1.82, 2.24) is 5.32 Å². The average molecular weight is 284 g/mol. The van der Waals surface area contributed by atoms with Gasteiger partial charge in [0.05, 0.1) is 6.61 Å². The Morgan fingerprint density at radius 3 is 2.80 bits per heavy atom. The highest BCUT2D eigenvalue weighted by atomic mass is 16.5. The standard InChI is InChI=1S/C13H20N2O5/c1-2-19-11(16)7-3-5-9(12(14)17)15-13(18)10-6-4-8-20-10/h3,7,9-10H,2,4-6,8H2,1H3,(H2,14,17)(H,15,18)/b7-3+/t9-,10-/m1/s1. The van der Waals surface area contributed by atoms with Gasteiger partial charge in [0.15, 0.2) is 0 Å². The Morgan fingerprint density at radius 1 is 1.50 bits per heavy atom. The summed E-state index contributed by atoms with van der Waals surface area (Å²) in [6.45, 7) is 2.51. The quantitative estimate of drug-likeness (QED) is 0.490. The lowest BCUT2D eigenvalue weighted by Crippen LogP contribution is -2.47. The molecule has 7 heteroatoms. The number of nitrogens with one attached hydrogen (secondary N) is 1. The number of carbonyl (C=O) groups excluding carboxylic acids is 3. The van der Waals surface area contributed by atoms with E-state index in [0.717, 1.165) is 6.42 Å². The van der Waals surface area contributed by atoms with Gasteiger partial charge in [-0.05, 0) is 26.2 Å². The molecule has 1 heterocycles. The molecule has 20 heavy (non-hydrogen) atoms. The van der Waals surface area contributed by atoms with E-state index in [2.05, 4.69) is 5.32 Å². The summed E-state index contributed by atoms with van der Waals surface area (Å²) in [4.78, 5) is 34.2. The fourth-order valence-electron chi connectivity index (χ4n) is 1.79. The highest BCUT2D eigenvalue weighted by Gasteiger charge is 2.26. The van der Waals surface area contributed by atoms with Gasteiger partial charge >= 0.3 is 5.97 Å². The van der Waals surface area contributed by atoms with Gasteiger partial charge in [0, 0.05) is 12.7 Å². The van der Waals surface area contributed by atoms with Crippen LogP contribution in [0.15, 0.2) is 12.2 Å². The monoisotopic (exact) mass is 284 g/mol. The van der Waals surface area contributed by atoms with Crippen LogP contribution in [0.5, 0.6) is 0 Å². The highest BCUT2D eigenvalue weighted by Crippen LogP contribution is 2.12. The third-order valence-electron chi connectivity index (χ3n) is 2.79. The van der Waals surface area contributed by atoms with Crippen LogP contribution in [0.4, 0.5) is 0 Å². The van der Waals surface area contributed by atoms with Crippen LogP contribution in [0.3, 0.4) is 0 Å². The molecule has 1 rings (SSSR count). The van der Waals surface area contributed by atoms with Gasteiger partial charge < -0.3 is 20.5 Å². The molecule has 7 nitrogen and oxygen atoms in total. The van der Waals surface area contributed by atoms with E-state index in [1.807, 2.05) is 0 Å². The van der Waals surface area contributed by atoms with Crippen molar-refractivity contribution in [2.24, 2.45) is 5.73 Å². The summed E-state index contributed by atoms with van der Waals surface area (Å²) in [5.74, 6) is -1.51. The third kappa shape index (κ3) is 5.40. The lowest BCUT2D eigenvalue weighted by molar-refractivity contribution is -0.137. The lowest BCUT2D eigenvalue weighted by atomic mass is 10.1. The summed E-state index contributed by atoms with van der Waals surface area (Å²) in [7, 11) is 0. The van der Waals surface area contributed by atoms with Crippen LogP contribution < -0.4 is 11.1 Å². The molecule has 2 atom stereocenters. The summed E-state index contributed by atoms with van der Waals surface area (Å²) in [6, 6.07) is -0.864. The van der Waals surface area contributed by atoms with E-state index in [4.69, 9.17) is 15.2 Å². The zero-order chi connectivity index (χ0) is 15.0. The minimum atomic E-state index is -0.864. The second-order valence-corrected chi connectivity index (χ2v) is 4.36. The average Bonchev–Trinajstić information content (AvgIpc) is 2.91. The molecule has 0 aromatic heterocycles. The van der Waals surface area contributed by atoms with Crippen LogP contribution in [0.1, 0.15) is 26.2 Å². The van der Waals surface area contributed by atoms with Gasteiger partial charge in [0.25, 0.3) is 0 Å². The Balaban J connectivity index is 2.45. The Hall–Kier alpha value is -1.89. The SMILES string of the molecule is CCOC(=O)/C=C/C[C@@H](NC(=O)[C@H]1CCCO1)C(N)=O. The number of ether oxygens (including phenoxy) is 2. The molecule has 0 radical (unpaired) electrons. The maximum Gasteiger partial charge on any atom is 0.330 e. The molecule has 0 aromatic rings. The molecule has 112 valence electrons. The lowest BCUT2D eigenvalue weighted by Gasteiger charge is -2.16. The van der Waals surface area contributed by atoms with Gasteiger partial charge in [0.2, 0.25) is 11.8 Å². The maximum absolute atomic E-state index is 11.8. The van der Waals surface area contributed by atoms with E-state index >= 15 is 0 Å². The Labute approximate surface area is 117 Å². The van der Waals surface area contributed by atoms with E-state index in [0.29, 0.717) is 13.0 Å². The van der Waals surface area contributed by atoms with Crippen molar-refractivity contribution in [2.45, 2.75) is 38.3 Å². The summed E-state index contributed by atoms with van der Waals surface area (Å²) in [6.07, 6.45) is 3.72. The summed E-state index contributed by atoms with van der Waals surface area (Å²) >= 11 is 0. The van der Waals surface area contributed by atoms with Crippen LogP contribution in [0.2, 0.25) is 0 Å². The molecule has 0 aliphatic carbocycles. The fraction of sp³-hybridized carbons (Fsp3) is 0.615. The van der Waals surface area contributed by atoms with Crippen LogP contribution >= 0.6 is 0 Å².